The highest BCUT2D eigenvalue weighted by Gasteiger charge is 2.30. The van der Waals surface area contributed by atoms with Crippen molar-refractivity contribution < 1.29 is 64.8 Å². The number of benzene rings is 5. The molecule has 0 radical (unpaired) electrons. The molecule has 6 N–H and O–H groups in total. The number of carbonyl (C=O) groups is 4. The number of aryl methyl sites for hydroxylation is 1. The highest BCUT2D eigenvalue weighted by Crippen LogP contribution is 2.43. The van der Waals surface area contributed by atoms with E-state index in [1.54, 1.807) is 88.6 Å². The summed E-state index contributed by atoms with van der Waals surface area (Å²) in [6.45, 7) is 35.4. The third kappa shape index (κ3) is 31.2. The molecule has 0 saturated heterocycles. The largest absolute Gasteiger partial charge is 0.481 e. The van der Waals surface area contributed by atoms with Crippen molar-refractivity contribution in [2.24, 2.45) is 0 Å². The van der Waals surface area contributed by atoms with Crippen LogP contribution in [0.15, 0.2) is 168 Å². The molecule has 0 atom stereocenters. The van der Waals surface area contributed by atoms with Crippen LogP contribution in [0.25, 0.3) is 55.6 Å². The summed E-state index contributed by atoms with van der Waals surface area (Å²) >= 11 is 35.6. The molecule has 34 heteroatoms. The maximum atomic E-state index is 14.5. The molecule has 0 bridgehead atoms. The number of aromatic nitrogens is 7. The Bertz CT molecular complexity index is 6410. The van der Waals surface area contributed by atoms with Crippen molar-refractivity contribution in [1.29, 1.82) is 0 Å². The second-order valence-electron chi connectivity index (χ2n) is 34.6. The number of pyridine rings is 7. The Hall–Kier alpha value is -12.2. The standard InChI is InChI=1S/C22H22ClFN4O2.C21H26ClFN2O3.C21H25ClFNO3.C16H17ClFNO.C15H16ClFN2O.C7H7ClN2O/c1-12(2)21-19(28(4)15-7-8-25-20(10-15)26-13(3)29)11-17(22(30)27-21)16-9-14(23)5-6-18(16)24;1-12(2)18-17(25(6)20(26)28-21(3,4)5)11-15(19(24-18)27-7)14-10-13(22)8-9-16(14)23;1-12(2)19-13(10-18(25)27-21(3,4)5)9-16(20(24-19)26-6)15-11-14(22)7-8-17(15)23;1-4-10-7-13(16(20)19-15(10)9(2)3)12-8-11(17)5-6-14(12)18;1-8(2)14-13(18)7-11(15(19-14)20-3)10-6-9(16)4-5-12(10)17;1-5(11)10-7-4-6(8)2-3-9-7/h5-12H,1-4H3,(H,27,30)(H,25,26,29);8-12H,1-7H3;7-9,11-12H,10H2,1-6H3;5-9H,4H2,1-3H3,(H,19,20);4-8H,18H2,1-3H3;2-4H,1H3,(H,9,10,11). The van der Waals surface area contributed by atoms with Crippen molar-refractivity contribution >= 4 is 128 Å². The van der Waals surface area contributed by atoms with E-state index >= 15 is 0 Å². The maximum Gasteiger partial charge on any atom is 0.414 e. The summed E-state index contributed by atoms with van der Waals surface area (Å²) in [7, 11) is 7.86. The lowest BCUT2D eigenvalue weighted by atomic mass is 9.96. The first-order valence-electron chi connectivity index (χ1n) is 43.1. The molecule has 0 aliphatic carbocycles. The number of hydrogen-bond donors (Lipinski definition) is 5. The van der Waals surface area contributed by atoms with Crippen LogP contribution in [-0.4, -0.2) is 105 Å². The highest BCUT2D eigenvalue weighted by atomic mass is 35.5. The first-order chi connectivity index (χ1) is 63.7. The van der Waals surface area contributed by atoms with Crippen molar-refractivity contribution in [2.45, 2.75) is 185 Å². The minimum absolute atomic E-state index is 0.00469. The molecule has 0 aliphatic rings. The number of carbonyl (C=O) groups excluding carboxylic acids is 4. The Labute approximate surface area is 819 Å². The van der Waals surface area contributed by atoms with Gasteiger partial charge < -0.3 is 54.9 Å². The number of nitrogens with zero attached hydrogens (tertiary/aromatic N) is 7. The summed E-state index contributed by atoms with van der Waals surface area (Å²) in [6.07, 6.45) is 3.40. The van der Waals surface area contributed by atoms with Crippen LogP contribution >= 0.6 is 69.6 Å². The number of H-pyrrole nitrogens is 2. The molecule has 0 aliphatic heterocycles. The van der Waals surface area contributed by atoms with Crippen LogP contribution in [0.2, 0.25) is 30.1 Å². The Morgan fingerprint density at radius 1 is 0.419 bits per heavy atom. The molecule has 0 fully saturated rings. The van der Waals surface area contributed by atoms with Crippen molar-refractivity contribution in [1.82, 2.24) is 34.9 Å². The zero-order valence-electron chi connectivity index (χ0n) is 80.2. The molecule has 7 aromatic heterocycles. The average molecular weight is 1990 g/mol. The number of ether oxygens (including phenoxy) is 5. The van der Waals surface area contributed by atoms with Gasteiger partial charge in [0.2, 0.25) is 29.5 Å². The van der Waals surface area contributed by atoms with E-state index in [0.717, 1.165) is 29.1 Å². The van der Waals surface area contributed by atoms with E-state index in [0.29, 0.717) is 115 Å². The smallest absolute Gasteiger partial charge is 0.414 e. The van der Waals surface area contributed by atoms with Gasteiger partial charge in [-0.25, -0.2) is 51.7 Å². The van der Waals surface area contributed by atoms with Gasteiger partial charge in [0.1, 0.15) is 51.9 Å². The molecule has 724 valence electrons. The van der Waals surface area contributed by atoms with E-state index in [2.05, 4.69) is 45.5 Å². The van der Waals surface area contributed by atoms with Crippen LogP contribution in [0.5, 0.6) is 17.6 Å². The number of anilines is 6. The summed E-state index contributed by atoms with van der Waals surface area (Å²) in [5.41, 5.74) is 15.0. The first kappa shape index (κ1) is 111. The second-order valence-corrected chi connectivity index (χ2v) is 37.2. The molecule has 0 spiro atoms. The maximum absolute atomic E-state index is 14.5. The third-order valence-electron chi connectivity index (χ3n) is 19.8. The van der Waals surface area contributed by atoms with E-state index < -0.39 is 51.9 Å². The number of nitrogen functional groups attached to an aromatic ring is 1. The number of aromatic amines is 2. The van der Waals surface area contributed by atoms with E-state index in [4.69, 9.17) is 99.0 Å². The Morgan fingerprint density at radius 3 is 1.15 bits per heavy atom. The zero-order chi connectivity index (χ0) is 102. The van der Waals surface area contributed by atoms with Crippen molar-refractivity contribution in [3.05, 3.63) is 278 Å². The van der Waals surface area contributed by atoms with Crippen molar-refractivity contribution in [3.8, 4) is 73.3 Å². The number of hydrogen-bond acceptors (Lipinski definition) is 18. The van der Waals surface area contributed by atoms with Gasteiger partial charge in [-0.2, -0.15) is 0 Å². The van der Waals surface area contributed by atoms with Gasteiger partial charge in [0.05, 0.1) is 73.0 Å². The van der Waals surface area contributed by atoms with Gasteiger partial charge in [-0.05, 0) is 228 Å². The summed E-state index contributed by atoms with van der Waals surface area (Å²) in [4.78, 5) is 102. The lowest BCUT2D eigenvalue weighted by Gasteiger charge is -2.27. The normalized spacial score (nSPS) is 11.1. The molecule has 12 aromatic rings. The molecule has 7 heterocycles. The third-order valence-corrected chi connectivity index (χ3v) is 21.2. The van der Waals surface area contributed by atoms with Crippen LogP contribution in [0.3, 0.4) is 0 Å². The van der Waals surface area contributed by atoms with Crippen molar-refractivity contribution in [2.75, 3.05) is 61.6 Å². The molecule has 0 saturated carbocycles. The van der Waals surface area contributed by atoms with Gasteiger partial charge in [0.25, 0.3) is 11.1 Å². The monoisotopic (exact) mass is 1990 g/mol. The summed E-state index contributed by atoms with van der Waals surface area (Å²) < 4.78 is 98.2. The number of nitrogens with one attached hydrogen (secondary N) is 4. The van der Waals surface area contributed by atoms with E-state index in [1.807, 2.05) is 109 Å². The molecule has 12 rings (SSSR count). The molecule has 136 heavy (non-hydrogen) atoms. The first-order valence-corrected chi connectivity index (χ1v) is 45.3. The highest BCUT2D eigenvalue weighted by molar-refractivity contribution is 6.32. The van der Waals surface area contributed by atoms with E-state index in [1.165, 1.54) is 137 Å². The van der Waals surface area contributed by atoms with Gasteiger partial charge in [0.15, 0.2) is 0 Å². The molecular weight excluding hydrogens is 1880 g/mol. The SMILES string of the molecule is CC(=O)Nc1cc(Cl)ccn1.CC(=O)Nc1cc(N(C)c2cc(-c3cc(Cl)ccc3F)c(=O)[nH]c2C(C)C)ccn1.CCc1cc(-c2cc(Cl)ccc2F)c(=O)[nH]c1C(C)C.COc1nc(C(C)C)c(CC(=O)OC(C)(C)C)cc1-c1cc(Cl)ccc1F.COc1nc(C(C)C)c(N(C)C(=O)OC(C)(C)C)cc1-c1cc(Cl)ccc1F.COc1nc(C(C)C)c(N)cc1-c1cc(Cl)ccc1F. The van der Waals surface area contributed by atoms with Crippen LogP contribution in [0.4, 0.5) is 61.1 Å². The fourth-order valence-electron chi connectivity index (χ4n) is 13.6. The molecule has 5 aromatic carbocycles. The second kappa shape index (κ2) is 49.5. The van der Waals surface area contributed by atoms with Crippen LogP contribution in [0.1, 0.15) is 201 Å². The minimum atomic E-state index is -0.648. The number of rotatable bonds is 21. The number of amides is 3. The summed E-state index contributed by atoms with van der Waals surface area (Å²) in [5, 5.41) is 7.69. The van der Waals surface area contributed by atoms with E-state index in [9.17, 15) is 50.7 Å². The van der Waals surface area contributed by atoms with Crippen LogP contribution in [0, 0.1) is 29.1 Å². The molecule has 3 amide bonds. The Kier molecular flexibility index (Phi) is 40.4. The lowest BCUT2D eigenvalue weighted by Crippen LogP contribution is -2.35. The molecule has 0 unspecified atom stereocenters. The fourth-order valence-corrected chi connectivity index (χ4v) is 14.6. The Morgan fingerprint density at radius 2 is 0.765 bits per heavy atom. The summed E-state index contributed by atoms with van der Waals surface area (Å²) in [5.74, 6) is -0.853. The number of methoxy groups -OCH3 is 3. The Balaban J connectivity index is 0.000000227. The topological polar surface area (TPSA) is 301 Å². The van der Waals surface area contributed by atoms with E-state index in [-0.39, 0.29) is 98.9 Å². The quantitative estimate of drug-likeness (QED) is 0.0330. The number of nitrogens with two attached hydrogens (primary N) is 1. The zero-order valence-corrected chi connectivity index (χ0v) is 84.7. The number of halogens is 11. The van der Waals surface area contributed by atoms with Crippen LogP contribution < -0.4 is 51.5 Å². The van der Waals surface area contributed by atoms with Gasteiger partial charge in [-0.3, -0.25) is 28.9 Å². The molecule has 23 nitrogen and oxygen atoms in total. The fraction of sp³-hybridized carbons (Fsp3) is 0.324. The minimum Gasteiger partial charge on any atom is -0.481 e. The molecular formula is C102H113Cl6F5N12O11. The average Bonchev–Trinajstić information content (AvgIpc) is 0.759. The van der Waals surface area contributed by atoms with Crippen LogP contribution in [-0.2, 0) is 36.7 Å². The predicted octanol–water partition coefficient (Wildman–Crippen LogP) is 27.1. The predicted molar refractivity (Wildman–Crippen MR) is 537 cm³/mol. The van der Waals surface area contributed by atoms with Crippen molar-refractivity contribution in [3.63, 3.8) is 0 Å². The van der Waals surface area contributed by atoms with Gasteiger partial charge >= 0.3 is 12.1 Å². The van der Waals surface area contributed by atoms with Gasteiger partial charge in [0, 0.05) is 138 Å². The summed E-state index contributed by atoms with van der Waals surface area (Å²) in [6, 6.07) is 36.4. The van der Waals surface area contributed by atoms with Gasteiger partial charge in [-0.1, -0.05) is 146 Å². The lowest BCUT2D eigenvalue weighted by molar-refractivity contribution is -0.154. The number of esters is 1. The van der Waals surface area contributed by atoms with Gasteiger partial charge in [-0.15, -0.1) is 0 Å².